The van der Waals surface area contributed by atoms with Gasteiger partial charge in [-0.15, -0.1) is 0 Å². The van der Waals surface area contributed by atoms with Gasteiger partial charge >= 0.3 is 0 Å². The van der Waals surface area contributed by atoms with Gasteiger partial charge in [0.15, 0.2) is 28.2 Å². The van der Waals surface area contributed by atoms with Crippen LogP contribution in [0, 0.1) is 0 Å². The molecule has 0 atom stereocenters. The molecule has 3 heterocycles. The number of aromatic nitrogens is 3. The minimum absolute atomic E-state index is 0.144. The molecule has 3 aromatic heterocycles. The molecule has 7 nitrogen and oxygen atoms in total. The first-order valence-electron chi connectivity index (χ1n) is 7.56. The highest BCUT2D eigenvalue weighted by atomic mass is 16.3. The lowest BCUT2D eigenvalue weighted by atomic mass is 10.0. The number of pyridine rings is 1. The van der Waals surface area contributed by atoms with Gasteiger partial charge in [0.2, 0.25) is 0 Å². The topological polar surface area (TPSA) is 115 Å². The molecule has 4 N–H and O–H groups in total. The Morgan fingerprint density at radius 1 is 1.00 bits per heavy atom. The van der Waals surface area contributed by atoms with Crippen molar-refractivity contribution in [2.24, 2.45) is 0 Å². The Balaban J connectivity index is 2.00. The number of fused-ring (bicyclic) bond motifs is 4. The van der Waals surface area contributed by atoms with E-state index in [0.717, 1.165) is 10.8 Å². The Morgan fingerprint density at radius 2 is 1.88 bits per heavy atom. The normalized spacial score (nSPS) is 11.7. The van der Waals surface area contributed by atoms with E-state index in [1.54, 1.807) is 18.3 Å². The van der Waals surface area contributed by atoms with Crippen LogP contribution >= 0.6 is 0 Å². The molecular formula is C18H11N3O4. The lowest BCUT2D eigenvalue weighted by molar-refractivity contribution is 0.404. The zero-order chi connectivity index (χ0) is 17.1. The molecule has 0 aliphatic rings. The van der Waals surface area contributed by atoms with Crippen molar-refractivity contribution in [2.45, 2.75) is 0 Å². The van der Waals surface area contributed by atoms with Crippen molar-refractivity contribution in [2.75, 3.05) is 0 Å². The van der Waals surface area contributed by atoms with E-state index < -0.39 is 0 Å². The van der Waals surface area contributed by atoms with Crippen LogP contribution in [0.25, 0.3) is 44.2 Å². The Bertz CT molecular complexity index is 1340. The van der Waals surface area contributed by atoms with Crippen molar-refractivity contribution in [3.05, 3.63) is 52.8 Å². The van der Waals surface area contributed by atoms with Crippen LogP contribution < -0.4 is 5.43 Å². The van der Waals surface area contributed by atoms with Crippen molar-refractivity contribution in [1.82, 2.24) is 15.2 Å². The maximum atomic E-state index is 11.6. The molecule has 7 heteroatoms. The fourth-order valence-corrected chi connectivity index (χ4v) is 3.13. The first-order chi connectivity index (χ1) is 12.1. The summed E-state index contributed by atoms with van der Waals surface area (Å²) < 4.78 is 5.93. The monoisotopic (exact) mass is 333 g/mol. The number of furan rings is 1. The third kappa shape index (κ3) is 1.86. The first kappa shape index (κ1) is 13.7. The van der Waals surface area contributed by atoms with Crippen LogP contribution in [-0.2, 0) is 0 Å². The molecule has 2 aromatic carbocycles. The third-order valence-corrected chi connectivity index (χ3v) is 4.28. The van der Waals surface area contributed by atoms with E-state index in [9.17, 15) is 15.0 Å². The number of phenolic OH excluding ortho intramolecular Hbond substituents is 2. The summed E-state index contributed by atoms with van der Waals surface area (Å²) in [6.45, 7) is 0. The number of H-pyrrole nitrogens is 2. The number of phenols is 2. The Morgan fingerprint density at radius 3 is 2.72 bits per heavy atom. The standard InChI is InChI=1S/C18H11N3O4/c22-9-2-3-10-14(6-9)25-17-15(8-1-4-12(23)13(24)5-8)11-7-19-21-18(11)20-16(10)17/h1-7,23-24H,(H2,19,20,21). The number of benzene rings is 2. The molecule has 5 rings (SSSR count). The molecular weight excluding hydrogens is 322 g/mol. The van der Waals surface area contributed by atoms with Crippen LogP contribution in [0.15, 0.2) is 51.8 Å². The van der Waals surface area contributed by atoms with Gasteiger partial charge in [-0.25, -0.2) is 4.98 Å². The van der Waals surface area contributed by atoms with Crippen molar-refractivity contribution in [1.29, 1.82) is 0 Å². The zero-order valence-corrected chi connectivity index (χ0v) is 12.7. The lowest BCUT2D eigenvalue weighted by Crippen LogP contribution is -1.92. The molecule has 0 unspecified atom stereocenters. The molecule has 25 heavy (non-hydrogen) atoms. The van der Waals surface area contributed by atoms with Crippen molar-refractivity contribution < 1.29 is 14.6 Å². The van der Waals surface area contributed by atoms with E-state index in [4.69, 9.17) is 4.42 Å². The van der Waals surface area contributed by atoms with Crippen LogP contribution in [0.4, 0.5) is 0 Å². The van der Waals surface area contributed by atoms with Gasteiger partial charge in [-0.2, -0.15) is 0 Å². The fraction of sp³-hybridized carbons (Fsp3) is 0. The third-order valence-electron chi connectivity index (χ3n) is 4.28. The summed E-state index contributed by atoms with van der Waals surface area (Å²) in [5.41, 5.74) is 3.40. The fourth-order valence-electron chi connectivity index (χ4n) is 3.13. The predicted octanol–water partition coefficient (Wildman–Crippen LogP) is 3.23. The van der Waals surface area contributed by atoms with Crippen molar-refractivity contribution in [3.8, 4) is 22.6 Å². The van der Waals surface area contributed by atoms with Gasteiger partial charge < -0.3 is 19.7 Å². The first-order valence-corrected chi connectivity index (χ1v) is 7.56. The number of rotatable bonds is 1. The average molecular weight is 333 g/mol. The maximum Gasteiger partial charge on any atom is 0.182 e. The minimum atomic E-state index is -0.229. The van der Waals surface area contributed by atoms with E-state index in [0.29, 0.717) is 33.5 Å². The maximum absolute atomic E-state index is 11.6. The Labute approximate surface area is 139 Å². The number of hydrogen-bond donors (Lipinski definition) is 4. The second kappa shape index (κ2) is 4.64. The second-order valence-electron chi connectivity index (χ2n) is 5.80. The number of hydrogen-bond acceptors (Lipinski definition) is 5. The molecule has 0 spiro atoms. The average Bonchev–Trinajstić information content (AvgIpc) is 3.18. The summed E-state index contributed by atoms with van der Waals surface area (Å²) >= 11 is 0. The number of nitrogens with zero attached hydrogens (tertiary/aromatic N) is 1. The number of nitrogens with one attached hydrogen (secondary N) is 2. The molecule has 0 fully saturated rings. The molecule has 0 aliphatic carbocycles. The number of aromatic amines is 2. The van der Waals surface area contributed by atoms with Gasteiger partial charge in [0.1, 0.15) is 11.1 Å². The molecule has 0 aliphatic heterocycles. The summed E-state index contributed by atoms with van der Waals surface area (Å²) in [5, 5.41) is 26.8. The van der Waals surface area contributed by atoms with Gasteiger partial charge in [-0.1, -0.05) is 6.07 Å². The highest BCUT2D eigenvalue weighted by molar-refractivity contribution is 6.14. The van der Waals surface area contributed by atoms with Crippen LogP contribution in [0.2, 0.25) is 0 Å². The summed E-state index contributed by atoms with van der Waals surface area (Å²) in [4.78, 5) is 16.2. The van der Waals surface area contributed by atoms with Gasteiger partial charge in [0.05, 0.1) is 0 Å². The highest BCUT2D eigenvalue weighted by Gasteiger charge is 2.19. The SMILES string of the molecule is O=c1ccc2c(c1)oc1c(-c3ccc(O)c(O)c3)c3c[nH][nH]c3nc12. The quantitative estimate of drug-likeness (QED) is 0.352. The van der Waals surface area contributed by atoms with Crippen molar-refractivity contribution in [3.63, 3.8) is 0 Å². The van der Waals surface area contributed by atoms with Gasteiger partial charge in [-0.3, -0.25) is 9.89 Å². The summed E-state index contributed by atoms with van der Waals surface area (Å²) in [6.07, 6.45) is 1.74. The molecule has 0 bridgehead atoms. The zero-order valence-electron chi connectivity index (χ0n) is 12.7. The van der Waals surface area contributed by atoms with Crippen LogP contribution in [0.3, 0.4) is 0 Å². The summed E-state index contributed by atoms with van der Waals surface area (Å²) in [7, 11) is 0. The van der Waals surface area contributed by atoms with E-state index in [1.165, 1.54) is 24.3 Å². The van der Waals surface area contributed by atoms with E-state index in [2.05, 4.69) is 15.2 Å². The largest absolute Gasteiger partial charge is 0.504 e. The minimum Gasteiger partial charge on any atom is -0.504 e. The van der Waals surface area contributed by atoms with Crippen LogP contribution in [-0.4, -0.2) is 25.4 Å². The highest BCUT2D eigenvalue weighted by Crippen LogP contribution is 2.40. The molecule has 122 valence electrons. The summed E-state index contributed by atoms with van der Waals surface area (Å²) in [6, 6.07) is 9.14. The Hall–Kier alpha value is -3.74. The lowest BCUT2D eigenvalue weighted by Gasteiger charge is -2.06. The second-order valence-corrected chi connectivity index (χ2v) is 5.80. The van der Waals surface area contributed by atoms with Crippen molar-refractivity contribution >= 4 is 33.1 Å². The molecule has 5 aromatic rings. The van der Waals surface area contributed by atoms with E-state index in [-0.39, 0.29) is 16.9 Å². The Kier molecular flexibility index (Phi) is 2.54. The van der Waals surface area contributed by atoms with Gasteiger partial charge in [-0.05, 0) is 29.8 Å². The van der Waals surface area contributed by atoms with Gasteiger partial charge in [0.25, 0.3) is 0 Å². The molecule has 0 amide bonds. The number of aromatic hydroxyl groups is 2. The van der Waals surface area contributed by atoms with E-state index in [1.807, 2.05) is 0 Å². The molecule has 0 radical (unpaired) electrons. The molecule has 0 saturated heterocycles. The van der Waals surface area contributed by atoms with Gasteiger partial charge in [0, 0.05) is 28.6 Å². The van der Waals surface area contributed by atoms with Crippen LogP contribution in [0.5, 0.6) is 11.5 Å². The smallest absolute Gasteiger partial charge is 0.182 e. The van der Waals surface area contributed by atoms with Crippen LogP contribution in [0.1, 0.15) is 0 Å². The van der Waals surface area contributed by atoms with E-state index >= 15 is 0 Å². The summed E-state index contributed by atoms with van der Waals surface area (Å²) in [5.74, 6) is -0.431. The molecule has 0 saturated carbocycles. The predicted molar refractivity (Wildman–Crippen MR) is 92.8 cm³/mol.